The van der Waals surface area contributed by atoms with Gasteiger partial charge in [0, 0.05) is 0 Å². The van der Waals surface area contributed by atoms with E-state index in [0.717, 1.165) is 0 Å². The molecule has 1 rings (SSSR count). The molecule has 2 amide bonds. The van der Waals surface area contributed by atoms with E-state index in [0.29, 0.717) is 6.61 Å². The minimum Gasteiger partial charge on any atom is -0.507 e. The van der Waals surface area contributed by atoms with Gasteiger partial charge in [0.2, 0.25) is 0 Å². The summed E-state index contributed by atoms with van der Waals surface area (Å²) in [5.41, 5.74) is 8.71. The molecular formula is C10H14N2O4. The molecule has 0 saturated carbocycles. The predicted octanol–water partition coefficient (Wildman–Crippen LogP) is 0.593. The number of benzene rings is 1. The zero-order valence-corrected chi connectivity index (χ0v) is 8.84. The maximum atomic E-state index is 11.1. The van der Waals surface area contributed by atoms with Gasteiger partial charge in [-0.25, -0.2) is 9.59 Å². The van der Waals surface area contributed by atoms with Crippen molar-refractivity contribution in [2.24, 2.45) is 11.5 Å². The number of esters is 1. The number of carbonyl (C=O) groups excluding carboxylic acids is 2. The number of para-hydroxylation sites is 1. The van der Waals surface area contributed by atoms with Crippen LogP contribution in [0.15, 0.2) is 24.3 Å². The van der Waals surface area contributed by atoms with Gasteiger partial charge in [-0.3, -0.25) is 0 Å². The lowest BCUT2D eigenvalue weighted by atomic mass is 10.2. The molecule has 1 aromatic carbocycles. The van der Waals surface area contributed by atoms with Gasteiger partial charge in [-0.05, 0) is 19.1 Å². The SMILES string of the molecule is CCOC(=O)c1ccccc1O.NC(N)=O. The summed E-state index contributed by atoms with van der Waals surface area (Å²) in [4.78, 5) is 20.1. The third-order valence-electron chi connectivity index (χ3n) is 1.40. The molecule has 0 heterocycles. The van der Waals surface area contributed by atoms with Crippen LogP contribution in [0.3, 0.4) is 0 Å². The highest BCUT2D eigenvalue weighted by Crippen LogP contribution is 2.16. The van der Waals surface area contributed by atoms with E-state index >= 15 is 0 Å². The Labute approximate surface area is 92.8 Å². The first kappa shape index (κ1) is 13.8. The van der Waals surface area contributed by atoms with E-state index in [1.165, 1.54) is 12.1 Å². The monoisotopic (exact) mass is 226 g/mol. The van der Waals surface area contributed by atoms with Crippen molar-refractivity contribution in [1.82, 2.24) is 0 Å². The van der Waals surface area contributed by atoms with E-state index in [1.807, 2.05) is 0 Å². The second kappa shape index (κ2) is 7.10. The number of carbonyl (C=O) groups is 2. The first-order chi connectivity index (χ1) is 7.49. The van der Waals surface area contributed by atoms with Crippen molar-refractivity contribution < 1.29 is 19.4 Å². The van der Waals surface area contributed by atoms with Gasteiger partial charge >= 0.3 is 12.0 Å². The third-order valence-corrected chi connectivity index (χ3v) is 1.40. The van der Waals surface area contributed by atoms with Gasteiger partial charge < -0.3 is 21.3 Å². The van der Waals surface area contributed by atoms with Crippen LogP contribution < -0.4 is 11.5 Å². The zero-order chi connectivity index (χ0) is 12.6. The van der Waals surface area contributed by atoms with Crippen LogP contribution in [0.4, 0.5) is 4.79 Å². The topological polar surface area (TPSA) is 116 Å². The molecule has 0 bridgehead atoms. The standard InChI is InChI=1S/C9H10O3.CH4N2O/c1-2-12-9(11)7-5-3-4-6-8(7)10;2-1(3)4/h3-6,10H,2H2,1H3;(H4,2,3,4). The Morgan fingerprint density at radius 3 is 2.25 bits per heavy atom. The smallest absolute Gasteiger partial charge is 0.341 e. The van der Waals surface area contributed by atoms with Crippen molar-refractivity contribution in [3.05, 3.63) is 29.8 Å². The van der Waals surface area contributed by atoms with Crippen molar-refractivity contribution in [2.45, 2.75) is 6.92 Å². The number of aromatic hydroxyl groups is 1. The van der Waals surface area contributed by atoms with Crippen LogP contribution in [-0.4, -0.2) is 23.7 Å². The van der Waals surface area contributed by atoms with E-state index in [4.69, 9.17) is 9.53 Å². The quantitative estimate of drug-likeness (QED) is 0.640. The molecule has 0 radical (unpaired) electrons. The first-order valence-electron chi connectivity index (χ1n) is 4.49. The summed E-state index contributed by atoms with van der Waals surface area (Å²) in [6.45, 7) is 2.03. The molecule has 1 aromatic rings. The molecule has 0 aliphatic heterocycles. The lowest BCUT2D eigenvalue weighted by molar-refractivity contribution is 0.0523. The Hall–Kier alpha value is -2.24. The highest BCUT2D eigenvalue weighted by atomic mass is 16.5. The molecule has 16 heavy (non-hydrogen) atoms. The highest BCUT2D eigenvalue weighted by Gasteiger charge is 2.09. The number of ether oxygens (including phenoxy) is 1. The van der Waals surface area contributed by atoms with Crippen LogP contribution in [-0.2, 0) is 4.74 Å². The first-order valence-corrected chi connectivity index (χ1v) is 4.49. The summed E-state index contributed by atoms with van der Waals surface area (Å²) < 4.78 is 4.71. The third kappa shape index (κ3) is 5.48. The summed E-state index contributed by atoms with van der Waals surface area (Å²) in [5, 5.41) is 9.21. The van der Waals surface area contributed by atoms with Gasteiger partial charge in [-0.1, -0.05) is 12.1 Å². The number of nitrogens with two attached hydrogens (primary N) is 2. The normalized spacial score (nSPS) is 8.56. The van der Waals surface area contributed by atoms with E-state index in [9.17, 15) is 9.90 Å². The van der Waals surface area contributed by atoms with Gasteiger partial charge in [0.05, 0.1) is 6.61 Å². The number of hydrogen-bond acceptors (Lipinski definition) is 4. The second-order valence-corrected chi connectivity index (χ2v) is 2.64. The largest absolute Gasteiger partial charge is 0.507 e. The van der Waals surface area contributed by atoms with Gasteiger partial charge in [-0.15, -0.1) is 0 Å². The molecule has 88 valence electrons. The highest BCUT2D eigenvalue weighted by molar-refractivity contribution is 5.92. The average Bonchev–Trinajstić information content (AvgIpc) is 2.17. The molecular weight excluding hydrogens is 212 g/mol. The Balaban J connectivity index is 0.000000487. The molecule has 0 aliphatic rings. The molecule has 6 nitrogen and oxygen atoms in total. The Bertz CT molecular complexity index is 362. The Kier molecular flexibility index (Phi) is 6.11. The maximum absolute atomic E-state index is 11.1. The van der Waals surface area contributed by atoms with Crippen LogP contribution in [0.2, 0.25) is 0 Å². The minimum atomic E-state index is -0.833. The Morgan fingerprint density at radius 2 is 1.81 bits per heavy atom. The number of rotatable bonds is 2. The lowest BCUT2D eigenvalue weighted by Crippen LogP contribution is -2.18. The van der Waals surface area contributed by atoms with E-state index < -0.39 is 12.0 Å². The van der Waals surface area contributed by atoms with Crippen LogP contribution in [0.25, 0.3) is 0 Å². The minimum absolute atomic E-state index is 0.0454. The van der Waals surface area contributed by atoms with Crippen molar-refractivity contribution >= 4 is 12.0 Å². The molecule has 0 spiro atoms. The summed E-state index contributed by atoms with van der Waals surface area (Å²) in [6.07, 6.45) is 0. The van der Waals surface area contributed by atoms with Crippen LogP contribution in [0, 0.1) is 0 Å². The summed E-state index contributed by atoms with van der Waals surface area (Å²) in [6, 6.07) is 5.46. The van der Waals surface area contributed by atoms with E-state index in [-0.39, 0.29) is 11.3 Å². The fraction of sp³-hybridized carbons (Fsp3) is 0.200. The predicted molar refractivity (Wildman–Crippen MR) is 57.8 cm³/mol. The zero-order valence-electron chi connectivity index (χ0n) is 8.84. The molecule has 6 heteroatoms. The van der Waals surface area contributed by atoms with Gasteiger partial charge in [0.25, 0.3) is 0 Å². The number of phenols is 1. The molecule has 0 atom stereocenters. The number of phenolic OH excluding ortho intramolecular Hbond substituents is 1. The van der Waals surface area contributed by atoms with Crippen molar-refractivity contribution in [2.75, 3.05) is 6.61 Å². The molecule has 0 fully saturated rings. The summed E-state index contributed by atoms with van der Waals surface area (Å²) >= 11 is 0. The molecule has 5 N–H and O–H groups in total. The number of primary amides is 2. The summed E-state index contributed by atoms with van der Waals surface area (Å²) in [5.74, 6) is -0.536. The fourth-order valence-electron chi connectivity index (χ4n) is 0.855. The van der Waals surface area contributed by atoms with Crippen LogP contribution in [0.1, 0.15) is 17.3 Å². The van der Waals surface area contributed by atoms with Gasteiger partial charge in [0.15, 0.2) is 0 Å². The molecule has 0 unspecified atom stereocenters. The Morgan fingerprint density at radius 1 is 1.31 bits per heavy atom. The number of amides is 2. The maximum Gasteiger partial charge on any atom is 0.341 e. The van der Waals surface area contributed by atoms with Crippen molar-refractivity contribution in [3.8, 4) is 5.75 Å². The van der Waals surface area contributed by atoms with E-state index in [1.54, 1.807) is 19.1 Å². The number of hydrogen-bond donors (Lipinski definition) is 3. The average molecular weight is 226 g/mol. The van der Waals surface area contributed by atoms with Crippen molar-refractivity contribution in [1.29, 1.82) is 0 Å². The second-order valence-electron chi connectivity index (χ2n) is 2.64. The fourth-order valence-corrected chi connectivity index (χ4v) is 0.855. The number of urea groups is 1. The van der Waals surface area contributed by atoms with Crippen molar-refractivity contribution in [3.63, 3.8) is 0 Å². The van der Waals surface area contributed by atoms with E-state index in [2.05, 4.69) is 11.5 Å². The van der Waals surface area contributed by atoms with Crippen LogP contribution >= 0.6 is 0 Å². The lowest BCUT2D eigenvalue weighted by Gasteiger charge is -2.02. The van der Waals surface area contributed by atoms with Crippen LogP contribution in [0.5, 0.6) is 5.75 Å². The molecule has 0 saturated heterocycles. The van der Waals surface area contributed by atoms with Gasteiger partial charge in [0.1, 0.15) is 11.3 Å². The van der Waals surface area contributed by atoms with Gasteiger partial charge in [-0.2, -0.15) is 0 Å². The molecule has 0 aliphatic carbocycles. The molecule has 0 aromatic heterocycles. The summed E-state index contributed by atoms with van der Waals surface area (Å²) in [7, 11) is 0.